The van der Waals surface area contributed by atoms with E-state index in [4.69, 9.17) is 5.73 Å². The third-order valence-corrected chi connectivity index (χ3v) is 1.65. The highest BCUT2D eigenvalue weighted by Crippen LogP contribution is 2.05. The van der Waals surface area contributed by atoms with Crippen molar-refractivity contribution in [1.29, 1.82) is 0 Å². The molecule has 0 aromatic carbocycles. The number of pyridine rings is 1. The van der Waals surface area contributed by atoms with Gasteiger partial charge in [0.2, 0.25) is 0 Å². The van der Waals surface area contributed by atoms with E-state index in [0.717, 1.165) is 0 Å². The van der Waals surface area contributed by atoms with Crippen molar-refractivity contribution in [3.8, 4) is 0 Å². The molecule has 0 bridgehead atoms. The molecule has 0 amide bonds. The van der Waals surface area contributed by atoms with E-state index in [0.29, 0.717) is 24.5 Å². The van der Waals surface area contributed by atoms with Crippen molar-refractivity contribution in [2.45, 2.75) is 6.42 Å². The summed E-state index contributed by atoms with van der Waals surface area (Å²) in [4.78, 5) is 14.8. The van der Waals surface area contributed by atoms with Crippen LogP contribution in [0.1, 0.15) is 6.42 Å². The molecule has 0 saturated carbocycles. The first-order chi connectivity index (χ1) is 6.72. The van der Waals surface area contributed by atoms with Crippen molar-refractivity contribution in [3.63, 3.8) is 0 Å². The molecule has 5 heteroatoms. The zero-order valence-corrected chi connectivity index (χ0v) is 7.99. The quantitative estimate of drug-likeness (QED) is 0.689. The van der Waals surface area contributed by atoms with Crippen molar-refractivity contribution in [1.82, 2.24) is 4.98 Å². The molecule has 0 aliphatic heterocycles. The number of carbonyl (C=O) groups is 1. The topological polar surface area (TPSA) is 77.2 Å². The molecule has 1 rings (SSSR count). The van der Waals surface area contributed by atoms with Crippen molar-refractivity contribution in [3.05, 3.63) is 18.3 Å². The van der Waals surface area contributed by atoms with Crippen LogP contribution in [0.3, 0.4) is 0 Å². The number of nitrogens with zero attached hydrogens (tertiary/aromatic N) is 1. The van der Waals surface area contributed by atoms with Gasteiger partial charge in [0.1, 0.15) is 5.82 Å². The molecule has 5 nitrogen and oxygen atoms in total. The van der Waals surface area contributed by atoms with Gasteiger partial charge in [0, 0.05) is 6.54 Å². The van der Waals surface area contributed by atoms with Crippen molar-refractivity contribution >= 4 is 17.5 Å². The number of nitrogen functional groups attached to an aromatic ring is 1. The lowest BCUT2D eigenvalue weighted by atomic mass is 10.4. The number of esters is 1. The molecule has 0 fully saturated rings. The standard InChI is InChI=1S/C9H13N3O2/c1-14-9(13)4-5-11-8-3-2-7(10)6-12-8/h2-3,6H,4-5,10H2,1H3,(H,11,12). The number of ether oxygens (including phenoxy) is 1. The van der Waals surface area contributed by atoms with Crippen LogP contribution in [0.4, 0.5) is 11.5 Å². The van der Waals surface area contributed by atoms with Crippen molar-refractivity contribution < 1.29 is 9.53 Å². The molecule has 0 unspecified atom stereocenters. The smallest absolute Gasteiger partial charge is 0.307 e. The van der Waals surface area contributed by atoms with Crippen LogP contribution in [0, 0.1) is 0 Å². The Balaban J connectivity index is 2.31. The SMILES string of the molecule is COC(=O)CCNc1ccc(N)cn1. The van der Waals surface area contributed by atoms with Gasteiger partial charge in [-0.3, -0.25) is 4.79 Å². The molecule has 3 N–H and O–H groups in total. The van der Waals surface area contributed by atoms with Gasteiger partial charge in [0.05, 0.1) is 25.4 Å². The Bertz CT molecular complexity index is 297. The number of anilines is 2. The van der Waals surface area contributed by atoms with E-state index in [2.05, 4.69) is 15.0 Å². The fourth-order valence-electron chi connectivity index (χ4n) is 0.905. The third-order valence-electron chi connectivity index (χ3n) is 1.65. The van der Waals surface area contributed by atoms with Gasteiger partial charge in [-0.25, -0.2) is 4.98 Å². The molecule has 1 heterocycles. The van der Waals surface area contributed by atoms with Crippen LogP contribution in [0.5, 0.6) is 0 Å². The Kier molecular flexibility index (Phi) is 3.72. The van der Waals surface area contributed by atoms with Gasteiger partial charge in [0.15, 0.2) is 0 Å². The van der Waals surface area contributed by atoms with Gasteiger partial charge in [-0.2, -0.15) is 0 Å². The zero-order valence-electron chi connectivity index (χ0n) is 7.99. The first kappa shape index (κ1) is 10.3. The predicted octanol–water partition coefficient (Wildman–Crippen LogP) is 0.639. The van der Waals surface area contributed by atoms with E-state index in [1.807, 2.05) is 0 Å². The second-order valence-corrected chi connectivity index (χ2v) is 2.73. The Morgan fingerprint density at radius 1 is 1.64 bits per heavy atom. The van der Waals surface area contributed by atoms with Crippen molar-refractivity contribution in [2.24, 2.45) is 0 Å². The molecule has 1 aromatic heterocycles. The summed E-state index contributed by atoms with van der Waals surface area (Å²) in [5.41, 5.74) is 6.08. The molecule has 0 saturated heterocycles. The van der Waals surface area contributed by atoms with Crippen LogP contribution in [-0.4, -0.2) is 24.6 Å². The number of hydrogen-bond acceptors (Lipinski definition) is 5. The number of methoxy groups -OCH3 is 1. The molecular weight excluding hydrogens is 182 g/mol. The maximum absolute atomic E-state index is 10.8. The molecule has 0 atom stereocenters. The summed E-state index contributed by atoms with van der Waals surface area (Å²) in [5.74, 6) is 0.455. The molecule has 1 aromatic rings. The highest BCUT2D eigenvalue weighted by atomic mass is 16.5. The summed E-state index contributed by atoms with van der Waals surface area (Å²) in [6.45, 7) is 0.504. The predicted molar refractivity (Wildman–Crippen MR) is 53.8 cm³/mol. The van der Waals surface area contributed by atoms with Crippen molar-refractivity contribution in [2.75, 3.05) is 24.7 Å². The summed E-state index contributed by atoms with van der Waals surface area (Å²) in [6.07, 6.45) is 1.88. The van der Waals surface area contributed by atoms with Crippen LogP contribution in [0.25, 0.3) is 0 Å². The van der Waals surface area contributed by atoms with E-state index < -0.39 is 0 Å². The minimum atomic E-state index is -0.243. The Labute approximate surface area is 82.3 Å². The molecular formula is C9H13N3O2. The lowest BCUT2D eigenvalue weighted by Gasteiger charge is -2.04. The van der Waals surface area contributed by atoms with Crippen LogP contribution >= 0.6 is 0 Å². The molecule has 0 spiro atoms. The van der Waals surface area contributed by atoms with Gasteiger partial charge in [-0.05, 0) is 12.1 Å². The molecule has 76 valence electrons. The number of nitrogens with two attached hydrogens (primary N) is 1. The van der Waals surface area contributed by atoms with Crippen LogP contribution in [-0.2, 0) is 9.53 Å². The van der Waals surface area contributed by atoms with E-state index in [1.165, 1.54) is 7.11 Å². The highest BCUT2D eigenvalue weighted by Gasteiger charge is 1.99. The number of rotatable bonds is 4. The zero-order chi connectivity index (χ0) is 10.4. The van der Waals surface area contributed by atoms with E-state index in [-0.39, 0.29) is 5.97 Å². The van der Waals surface area contributed by atoms with Gasteiger partial charge in [-0.1, -0.05) is 0 Å². The Morgan fingerprint density at radius 3 is 3.00 bits per heavy atom. The lowest BCUT2D eigenvalue weighted by Crippen LogP contribution is -2.10. The second-order valence-electron chi connectivity index (χ2n) is 2.73. The van der Waals surface area contributed by atoms with Gasteiger partial charge >= 0.3 is 5.97 Å². The Hall–Kier alpha value is -1.78. The summed E-state index contributed by atoms with van der Waals surface area (Å²) < 4.78 is 4.49. The fourth-order valence-corrected chi connectivity index (χ4v) is 0.905. The lowest BCUT2D eigenvalue weighted by molar-refractivity contribution is -0.140. The molecule has 14 heavy (non-hydrogen) atoms. The molecule has 0 aliphatic rings. The van der Waals surface area contributed by atoms with Gasteiger partial charge in [-0.15, -0.1) is 0 Å². The number of hydrogen-bond donors (Lipinski definition) is 2. The van der Waals surface area contributed by atoms with Crippen LogP contribution in [0.2, 0.25) is 0 Å². The molecule has 0 radical (unpaired) electrons. The first-order valence-electron chi connectivity index (χ1n) is 4.24. The average Bonchev–Trinajstić information content (AvgIpc) is 2.21. The number of nitrogens with one attached hydrogen (secondary N) is 1. The monoisotopic (exact) mass is 195 g/mol. The van der Waals surface area contributed by atoms with Crippen LogP contribution < -0.4 is 11.1 Å². The minimum absolute atomic E-state index is 0.243. The van der Waals surface area contributed by atoms with E-state index in [9.17, 15) is 4.79 Å². The number of carbonyl (C=O) groups excluding carboxylic acids is 1. The average molecular weight is 195 g/mol. The normalized spacial score (nSPS) is 9.50. The fraction of sp³-hybridized carbons (Fsp3) is 0.333. The Morgan fingerprint density at radius 2 is 2.43 bits per heavy atom. The third kappa shape index (κ3) is 3.30. The van der Waals surface area contributed by atoms with Gasteiger partial charge < -0.3 is 15.8 Å². The summed E-state index contributed by atoms with van der Waals surface area (Å²) in [7, 11) is 1.36. The maximum Gasteiger partial charge on any atom is 0.307 e. The second kappa shape index (κ2) is 5.06. The summed E-state index contributed by atoms with van der Waals surface area (Å²) >= 11 is 0. The maximum atomic E-state index is 10.8. The van der Waals surface area contributed by atoms with E-state index in [1.54, 1.807) is 18.3 Å². The summed E-state index contributed by atoms with van der Waals surface area (Å²) in [6, 6.07) is 3.50. The van der Waals surface area contributed by atoms with E-state index >= 15 is 0 Å². The highest BCUT2D eigenvalue weighted by molar-refractivity contribution is 5.69. The molecule has 0 aliphatic carbocycles. The largest absolute Gasteiger partial charge is 0.469 e. The first-order valence-corrected chi connectivity index (χ1v) is 4.24. The summed E-state index contributed by atoms with van der Waals surface area (Å²) in [5, 5.41) is 2.97. The van der Waals surface area contributed by atoms with Crippen LogP contribution in [0.15, 0.2) is 18.3 Å². The number of aromatic nitrogens is 1. The minimum Gasteiger partial charge on any atom is -0.469 e. The van der Waals surface area contributed by atoms with Gasteiger partial charge in [0.25, 0.3) is 0 Å².